The summed E-state index contributed by atoms with van der Waals surface area (Å²) in [4.78, 5) is 11.1. The van der Waals surface area contributed by atoms with Gasteiger partial charge in [-0.2, -0.15) is 0 Å². The van der Waals surface area contributed by atoms with Gasteiger partial charge in [-0.3, -0.25) is 4.79 Å². The van der Waals surface area contributed by atoms with Crippen molar-refractivity contribution >= 4 is 23.1 Å². The van der Waals surface area contributed by atoms with Crippen LogP contribution in [0.1, 0.15) is 10.4 Å². The summed E-state index contributed by atoms with van der Waals surface area (Å²) in [5.74, 6) is -0.140. The minimum atomic E-state index is -0.140. The van der Waals surface area contributed by atoms with Crippen LogP contribution >= 0.6 is 11.6 Å². The molecular formula is C8H9ClN2O. The molecule has 3 nitrogen and oxygen atoms in total. The first kappa shape index (κ1) is 9.03. The molecule has 1 aromatic rings. The molecule has 4 N–H and O–H groups in total. The molecule has 0 saturated heterocycles. The third kappa shape index (κ3) is 1.75. The Morgan fingerprint density at radius 3 is 2.67 bits per heavy atom. The lowest BCUT2D eigenvalue weighted by molar-refractivity contribution is 0.100. The highest BCUT2D eigenvalue weighted by Gasteiger charge is 2.04. The van der Waals surface area contributed by atoms with Gasteiger partial charge >= 0.3 is 0 Å². The zero-order chi connectivity index (χ0) is 9.14. The second-order valence-electron chi connectivity index (χ2n) is 2.36. The van der Waals surface area contributed by atoms with Gasteiger partial charge in [0.2, 0.25) is 0 Å². The van der Waals surface area contributed by atoms with Crippen LogP contribution in [-0.4, -0.2) is 12.3 Å². The van der Waals surface area contributed by atoms with E-state index in [0.29, 0.717) is 16.3 Å². The van der Waals surface area contributed by atoms with Crippen molar-refractivity contribution in [1.82, 2.24) is 0 Å². The van der Waals surface area contributed by atoms with E-state index in [9.17, 15) is 4.79 Å². The monoisotopic (exact) mass is 184 g/mol. The molecule has 4 heteroatoms. The normalized spacial score (nSPS) is 9.83. The van der Waals surface area contributed by atoms with E-state index in [1.165, 1.54) is 6.07 Å². The van der Waals surface area contributed by atoms with Crippen LogP contribution in [0.5, 0.6) is 0 Å². The predicted molar refractivity (Wildman–Crippen MR) is 49.2 cm³/mol. The van der Waals surface area contributed by atoms with E-state index in [1.54, 1.807) is 12.1 Å². The maximum atomic E-state index is 11.1. The van der Waals surface area contributed by atoms with Crippen LogP contribution in [0, 0.1) is 0 Å². The molecule has 0 aliphatic carbocycles. The minimum Gasteiger partial charge on any atom is -0.398 e. The van der Waals surface area contributed by atoms with Gasteiger partial charge in [0.05, 0.1) is 17.3 Å². The number of nitrogen functional groups attached to an aromatic ring is 1. The molecule has 12 heavy (non-hydrogen) atoms. The molecule has 0 aromatic heterocycles. The maximum Gasteiger partial charge on any atom is 0.176 e. The first-order valence-electron chi connectivity index (χ1n) is 3.43. The summed E-state index contributed by atoms with van der Waals surface area (Å²) in [5, 5.41) is 0.448. The Hall–Kier alpha value is -1.06. The number of anilines is 1. The van der Waals surface area contributed by atoms with E-state index in [-0.39, 0.29) is 12.3 Å². The Morgan fingerprint density at radius 1 is 1.50 bits per heavy atom. The highest BCUT2D eigenvalue weighted by molar-refractivity contribution is 6.33. The van der Waals surface area contributed by atoms with Crippen molar-refractivity contribution in [3.05, 3.63) is 28.8 Å². The number of benzene rings is 1. The average molecular weight is 185 g/mol. The van der Waals surface area contributed by atoms with E-state index in [0.717, 1.165) is 0 Å². The Balaban J connectivity index is 3.05. The SMILES string of the molecule is NCC(=O)c1ccc(Cl)c(N)c1. The summed E-state index contributed by atoms with van der Waals surface area (Å²) < 4.78 is 0. The summed E-state index contributed by atoms with van der Waals surface area (Å²) in [6, 6.07) is 4.71. The van der Waals surface area contributed by atoms with E-state index >= 15 is 0 Å². The van der Waals surface area contributed by atoms with Crippen LogP contribution in [0.25, 0.3) is 0 Å². The van der Waals surface area contributed by atoms with Gasteiger partial charge in [-0.15, -0.1) is 0 Å². The molecule has 0 aliphatic rings. The summed E-state index contributed by atoms with van der Waals surface area (Å²) in [6.45, 7) is -0.0128. The molecule has 1 aromatic carbocycles. The standard InChI is InChI=1S/C8H9ClN2O/c9-6-2-1-5(3-7(6)11)8(12)4-10/h1-3H,4,10-11H2. The minimum absolute atomic E-state index is 0.0128. The van der Waals surface area contributed by atoms with E-state index in [4.69, 9.17) is 23.1 Å². The first-order valence-corrected chi connectivity index (χ1v) is 3.81. The predicted octanol–water partition coefficient (Wildman–Crippen LogP) is 1.06. The number of ketones is 1. The highest BCUT2D eigenvalue weighted by Crippen LogP contribution is 2.19. The zero-order valence-corrected chi connectivity index (χ0v) is 7.14. The Labute approximate surface area is 75.3 Å². The van der Waals surface area contributed by atoms with Gasteiger partial charge in [-0.05, 0) is 18.2 Å². The van der Waals surface area contributed by atoms with Crippen molar-refractivity contribution < 1.29 is 4.79 Å². The number of Topliss-reactive ketones (excluding diaryl/α,β-unsaturated/α-hetero) is 1. The number of rotatable bonds is 2. The van der Waals surface area contributed by atoms with Gasteiger partial charge in [0.1, 0.15) is 0 Å². The van der Waals surface area contributed by atoms with Gasteiger partial charge in [-0.1, -0.05) is 11.6 Å². The third-order valence-electron chi connectivity index (χ3n) is 1.50. The second-order valence-corrected chi connectivity index (χ2v) is 2.77. The second kappa shape index (κ2) is 3.56. The molecule has 0 unspecified atom stereocenters. The maximum absolute atomic E-state index is 11.1. The van der Waals surface area contributed by atoms with Crippen molar-refractivity contribution in [3.8, 4) is 0 Å². The summed E-state index contributed by atoms with van der Waals surface area (Å²) in [7, 11) is 0. The smallest absolute Gasteiger partial charge is 0.176 e. The van der Waals surface area contributed by atoms with Crippen LogP contribution in [0.15, 0.2) is 18.2 Å². The summed E-state index contributed by atoms with van der Waals surface area (Å²) in [5.41, 5.74) is 11.6. The molecule has 0 fully saturated rings. The summed E-state index contributed by atoms with van der Waals surface area (Å²) in [6.07, 6.45) is 0. The Bertz CT molecular complexity index is 312. The molecule has 0 heterocycles. The molecule has 0 bridgehead atoms. The Kier molecular flexibility index (Phi) is 2.68. The van der Waals surface area contributed by atoms with Crippen molar-refractivity contribution in [2.75, 3.05) is 12.3 Å². The number of nitrogens with two attached hydrogens (primary N) is 2. The molecule has 0 saturated carbocycles. The van der Waals surface area contributed by atoms with Gasteiger partial charge in [0.15, 0.2) is 5.78 Å². The molecular weight excluding hydrogens is 176 g/mol. The van der Waals surface area contributed by atoms with Crippen molar-refractivity contribution in [3.63, 3.8) is 0 Å². The van der Waals surface area contributed by atoms with E-state index in [1.807, 2.05) is 0 Å². The Morgan fingerprint density at radius 2 is 2.17 bits per heavy atom. The highest BCUT2D eigenvalue weighted by atomic mass is 35.5. The molecule has 64 valence electrons. The fraction of sp³-hybridized carbons (Fsp3) is 0.125. The van der Waals surface area contributed by atoms with Crippen molar-refractivity contribution in [1.29, 1.82) is 0 Å². The van der Waals surface area contributed by atoms with Gasteiger partial charge in [-0.25, -0.2) is 0 Å². The van der Waals surface area contributed by atoms with Crippen molar-refractivity contribution in [2.24, 2.45) is 5.73 Å². The van der Waals surface area contributed by atoms with E-state index < -0.39 is 0 Å². The molecule has 1 rings (SSSR count). The number of hydrogen-bond donors (Lipinski definition) is 2. The lowest BCUT2D eigenvalue weighted by atomic mass is 10.1. The fourth-order valence-electron chi connectivity index (χ4n) is 0.835. The van der Waals surface area contributed by atoms with Crippen LogP contribution in [0.2, 0.25) is 5.02 Å². The lowest BCUT2D eigenvalue weighted by Crippen LogP contribution is -2.13. The van der Waals surface area contributed by atoms with Crippen LogP contribution < -0.4 is 11.5 Å². The van der Waals surface area contributed by atoms with Crippen LogP contribution in [-0.2, 0) is 0 Å². The quantitative estimate of drug-likeness (QED) is 0.534. The van der Waals surface area contributed by atoms with Gasteiger partial charge < -0.3 is 11.5 Å². The number of hydrogen-bond acceptors (Lipinski definition) is 3. The zero-order valence-electron chi connectivity index (χ0n) is 6.38. The van der Waals surface area contributed by atoms with Crippen molar-refractivity contribution in [2.45, 2.75) is 0 Å². The third-order valence-corrected chi connectivity index (χ3v) is 1.85. The molecule has 0 spiro atoms. The fourth-order valence-corrected chi connectivity index (χ4v) is 0.953. The molecule has 0 atom stereocenters. The van der Waals surface area contributed by atoms with Crippen LogP contribution in [0.3, 0.4) is 0 Å². The topological polar surface area (TPSA) is 69.1 Å². The molecule has 0 amide bonds. The number of halogens is 1. The molecule has 0 radical (unpaired) electrons. The summed E-state index contributed by atoms with van der Waals surface area (Å²) >= 11 is 5.66. The van der Waals surface area contributed by atoms with Crippen LogP contribution in [0.4, 0.5) is 5.69 Å². The average Bonchev–Trinajstić information content (AvgIpc) is 2.08. The van der Waals surface area contributed by atoms with Gasteiger partial charge in [0, 0.05) is 5.56 Å². The molecule has 0 aliphatic heterocycles. The van der Waals surface area contributed by atoms with Gasteiger partial charge in [0.25, 0.3) is 0 Å². The first-order chi connectivity index (χ1) is 5.65. The van der Waals surface area contributed by atoms with E-state index in [2.05, 4.69) is 0 Å². The number of carbonyl (C=O) groups excluding carboxylic acids is 1. The largest absolute Gasteiger partial charge is 0.398 e. The number of carbonyl (C=O) groups is 1. The lowest BCUT2D eigenvalue weighted by Gasteiger charge is -2.00.